The van der Waals surface area contributed by atoms with Crippen molar-refractivity contribution in [2.24, 2.45) is 0 Å². The summed E-state index contributed by atoms with van der Waals surface area (Å²) in [6, 6.07) is 0. The van der Waals surface area contributed by atoms with E-state index >= 15 is 0 Å². The van der Waals surface area contributed by atoms with Crippen LogP contribution >= 0.6 is 0 Å². The van der Waals surface area contributed by atoms with Crippen molar-refractivity contribution in [1.82, 2.24) is 0 Å². The number of aliphatic hydroxyl groups is 1. The molecule has 0 aromatic carbocycles. The Balaban J connectivity index is 3.48. The minimum absolute atomic E-state index is 0.0240. The normalized spacial score (nSPS) is 12.6. The molecule has 0 saturated carbocycles. The second-order valence-corrected chi connectivity index (χ2v) is 4.33. The molecule has 0 radical (unpaired) electrons. The second-order valence-electron chi connectivity index (χ2n) is 2.07. The first-order valence-electron chi connectivity index (χ1n) is 3.00. The van der Waals surface area contributed by atoms with Crippen molar-refractivity contribution in [2.75, 3.05) is 18.6 Å². The van der Waals surface area contributed by atoms with E-state index in [1.165, 1.54) is 12.3 Å². The molecule has 0 aliphatic heterocycles. The van der Waals surface area contributed by atoms with Gasteiger partial charge in [-0.1, -0.05) is 12.2 Å². The molecule has 0 atom stereocenters. The van der Waals surface area contributed by atoms with Gasteiger partial charge in [0.2, 0.25) is 0 Å². The van der Waals surface area contributed by atoms with Gasteiger partial charge in [0.05, 0.1) is 12.4 Å². The summed E-state index contributed by atoms with van der Waals surface area (Å²) in [5.41, 5.74) is 0. The largest absolute Gasteiger partial charge is 0.392 e. The van der Waals surface area contributed by atoms with Gasteiger partial charge >= 0.3 is 0 Å². The van der Waals surface area contributed by atoms with Gasteiger partial charge in [0.1, 0.15) is 9.84 Å². The first-order chi connectivity index (χ1) is 4.56. The van der Waals surface area contributed by atoms with Crippen molar-refractivity contribution >= 4 is 9.84 Å². The second kappa shape index (κ2) is 4.46. The highest BCUT2D eigenvalue weighted by Crippen LogP contribution is 1.89. The minimum atomic E-state index is -2.84. The molecule has 10 heavy (non-hydrogen) atoms. The van der Waals surface area contributed by atoms with Gasteiger partial charge in [-0.15, -0.1) is 0 Å². The highest BCUT2D eigenvalue weighted by atomic mass is 32.2. The molecule has 0 spiro atoms. The van der Waals surface area contributed by atoms with E-state index in [4.69, 9.17) is 5.11 Å². The Hall–Kier alpha value is -0.350. The average molecular weight is 164 g/mol. The molecule has 0 aromatic rings. The van der Waals surface area contributed by atoms with Crippen molar-refractivity contribution in [3.8, 4) is 0 Å². The molecule has 0 aliphatic carbocycles. The fraction of sp³-hybridized carbons (Fsp3) is 0.667. The first kappa shape index (κ1) is 9.65. The zero-order valence-corrected chi connectivity index (χ0v) is 6.76. The van der Waals surface area contributed by atoms with E-state index in [1.54, 1.807) is 6.08 Å². The van der Waals surface area contributed by atoms with Crippen molar-refractivity contribution < 1.29 is 13.5 Å². The van der Waals surface area contributed by atoms with Crippen molar-refractivity contribution in [3.05, 3.63) is 12.2 Å². The van der Waals surface area contributed by atoms with Gasteiger partial charge < -0.3 is 5.11 Å². The van der Waals surface area contributed by atoms with Crippen LogP contribution < -0.4 is 0 Å². The molecule has 4 heteroatoms. The van der Waals surface area contributed by atoms with Gasteiger partial charge in [0, 0.05) is 6.26 Å². The van der Waals surface area contributed by atoms with Crippen LogP contribution in [-0.2, 0) is 9.84 Å². The average Bonchev–Trinajstić information content (AvgIpc) is 1.78. The summed E-state index contributed by atoms with van der Waals surface area (Å²) < 4.78 is 21.0. The van der Waals surface area contributed by atoms with Gasteiger partial charge in [-0.2, -0.15) is 0 Å². The van der Waals surface area contributed by atoms with Gasteiger partial charge in [0.15, 0.2) is 0 Å². The fourth-order valence-corrected chi connectivity index (χ4v) is 1.04. The maximum absolute atomic E-state index is 10.5. The lowest BCUT2D eigenvalue weighted by atomic mass is 10.4. The third-order valence-electron chi connectivity index (χ3n) is 0.927. The van der Waals surface area contributed by atoms with Crippen LogP contribution in [0.15, 0.2) is 12.2 Å². The Bertz CT molecular complexity index is 191. The predicted octanol–water partition coefficient (Wildman–Crippen LogP) is -0.0304. The van der Waals surface area contributed by atoms with E-state index in [0.717, 1.165) is 0 Å². The number of hydrogen-bond acceptors (Lipinski definition) is 3. The lowest BCUT2D eigenvalue weighted by Gasteiger charge is -1.90. The molecule has 0 aromatic heterocycles. The summed E-state index contributed by atoms with van der Waals surface area (Å²) in [5.74, 6) is 0.156. The zero-order chi connectivity index (χ0) is 8.04. The third-order valence-corrected chi connectivity index (χ3v) is 1.90. The molecule has 0 rings (SSSR count). The Morgan fingerprint density at radius 3 is 2.40 bits per heavy atom. The summed E-state index contributed by atoms with van der Waals surface area (Å²) in [7, 11) is -2.84. The molecule has 1 N–H and O–H groups in total. The molecule has 0 aliphatic rings. The minimum Gasteiger partial charge on any atom is -0.392 e. The molecule has 3 nitrogen and oxygen atoms in total. The quantitative estimate of drug-likeness (QED) is 0.594. The Kier molecular flexibility index (Phi) is 4.31. The number of aliphatic hydroxyl groups excluding tert-OH is 1. The standard InChI is InChI=1S/C6H12O3S/c1-10(8,9)6-4-2-3-5-7/h2-3,7H,4-6H2,1H3/b3-2+. The van der Waals surface area contributed by atoms with E-state index in [-0.39, 0.29) is 12.4 Å². The van der Waals surface area contributed by atoms with Gasteiger partial charge in [-0.05, 0) is 6.42 Å². The van der Waals surface area contributed by atoms with Crippen molar-refractivity contribution in [3.63, 3.8) is 0 Å². The maximum atomic E-state index is 10.5. The first-order valence-corrected chi connectivity index (χ1v) is 5.06. The highest BCUT2D eigenvalue weighted by molar-refractivity contribution is 7.90. The molecule has 60 valence electrons. The van der Waals surface area contributed by atoms with Crippen molar-refractivity contribution in [2.45, 2.75) is 6.42 Å². The third kappa shape index (κ3) is 7.65. The smallest absolute Gasteiger partial charge is 0.147 e. The molecule has 0 bridgehead atoms. The van der Waals surface area contributed by atoms with Crippen LogP contribution in [0.2, 0.25) is 0 Å². The Morgan fingerprint density at radius 2 is 2.00 bits per heavy atom. The summed E-state index contributed by atoms with van der Waals surface area (Å²) in [5, 5.41) is 8.26. The number of hydrogen-bond donors (Lipinski definition) is 1. The molecular formula is C6H12O3S. The molecule has 0 unspecified atom stereocenters. The molecule has 0 saturated heterocycles. The Labute approximate surface area is 61.3 Å². The van der Waals surface area contributed by atoms with E-state index < -0.39 is 9.84 Å². The summed E-state index contributed by atoms with van der Waals surface area (Å²) >= 11 is 0. The zero-order valence-electron chi connectivity index (χ0n) is 5.95. The molecule has 0 amide bonds. The van der Waals surface area contributed by atoms with Crippen LogP contribution in [0.5, 0.6) is 0 Å². The predicted molar refractivity (Wildman–Crippen MR) is 40.6 cm³/mol. The fourth-order valence-electron chi connectivity index (χ4n) is 0.475. The summed E-state index contributed by atoms with van der Waals surface area (Å²) in [6.45, 7) is -0.0240. The number of sulfone groups is 1. The highest BCUT2D eigenvalue weighted by Gasteiger charge is 1.97. The topological polar surface area (TPSA) is 54.4 Å². The maximum Gasteiger partial charge on any atom is 0.147 e. The van der Waals surface area contributed by atoms with E-state index in [0.29, 0.717) is 6.42 Å². The van der Waals surface area contributed by atoms with Gasteiger partial charge in [0.25, 0.3) is 0 Å². The van der Waals surface area contributed by atoms with E-state index in [9.17, 15) is 8.42 Å². The summed E-state index contributed by atoms with van der Waals surface area (Å²) in [4.78, 5) is 0. The van der Waals surface area contributed by atoms with Gasteiger partial charge in [-0.3, -0.25) is 0 Å². The Morgan fingerprint density at radius 1 is 1.40 bits per heavy atom. The van der Waals surface area contributed by atoms with Crippen LogP contribution in [0.4, 0.5) is 0 Å². The van der Waals surface area contributed by atoms with Crippen LogP contribution in [0, 0.1) is 0 Å². The van der Waals surface area contributed by atoms with Crippen LogP contribution in [-0.4, -0.2) is 32.1 Å². The molecule has 0 heterocycles. The van der Waals surface area contributed by atoms with Gasteiger partial charge in [-0.25, -0.2) is 8.42 Å². The van der Waals surface area contributed by atoms with E-state index in [1.807, 2.05) is 0 Å². The lowest BCUT2D eigenvalue weighted by molar-refractivity contribution is 0.342. The molecular weight excluding hydrogens is 152 g/mol. The van der Waals surface area contributed by atoms with Crippen molar-refractivity contribution in [1.29, 1.82) is 0 Å². The SMILES string of the molecule is CS(=O)(=O)CC/C=C/CO. The lowest BCUT2D eigenvalue weighted by Crippen LogP contribution is -2.00. The monoisotopic (exact) mass is 164 g/mol. The van der Waals surface area contributed by atoms with Crippen LogP contribution in [0.1, 0.15) is 6.42 Å². The van der Waals surface area contributed by atoms with Crippen LogP contribution in [0.3, 0.4) is 0 Å². The number of rotatable bonds is 4. The number of allylic oxidation sites excluding steroid dienone is 1. The molecule has 0 fully saturated rings. The summed E-state index contributed by atoms with van der Waals surface area (Å²) in [6.07, 6.45) is 4.87. The van der Waals surface area contributed by atoms with Crippen LogP contribution in [0.25, 0.3) is 0 Å². The van der Waals surface area contributed by atoms with E-state index in [2.05, 4.69) is 0 Å².